The van der Waals surface area contributed by atoms with Crippen molar-refractivity contribution < 1.29 is 9.59 Å². The number of primary amides is 1. The van der Waals surface area contributed by atoms with Gasteiger partial charge in [-0.25, -0.2) is 0 Å². The number of amides is 2. The Morgan fingerprint density at radius 2 is 1.85 bits per heavy atom. The maximum absolute atomic E-state index is 12.5. The van der Waals surface area contributed by atoms with Gasteiger partial charge in [0.2, 0.25) is 11.8 Å². The zero-order valence-electron chi connectivity index (χ0n) is 20.3. The Balaban J connectivity index is 1.35. The van der Waals surface area contributed by atoms with Gasteiger partial charge in [0.15, 0.2) is 0 Å². The standard InChI is InChI=1S/C29H38N2O2/c1-4-31-25-14-12-22-23-13-11-21(10-7-19-5-8-20(9-6-19)27(30)33)28(23,2)17-15-24(22)29(25,3)18-16-26(31)32/h5-10,16,18,21-25H,4,11-15,17H2,1-3H3,(H2,30,33)/t21-,22-,23-,24-,25+,28+,29+/m0/s1. The number of benzene rings is 1. The van der Waals surface area contributed by atoms with Gasteiger partial charge in [0, 0.05) is 23.6 Å². The number of hydrogen-bond acceptors (Lipinski definition) is 2. The molecule has 5 rings (SSSR count). The van der Waals surface area contributed by atoms with Crippen LogP contribution in [0.5, 0.6) is 0 Å². The minimum Gasteiger partial charge on any atom is -0.366 e. The average molecular weight is 447 g/mol. The smallest absolute Gasteiger partial charge is 0.248 e. The van der Waals surface area contributed by atoms with E-state index in [1.165, 1.54) is 32.1 Å². The molecule has 0 bridgehead atoms. The number of hydrogen-bond donors (Lipinski definition) is 1. The van der Waals surface area contributed by atoms with Crippen molar-refractivity contribution in [3.8, 4) is 0 Å². The minimum atomic E-state index is -0.379. The van der Waals surface area contributed by atoms with Crippen molar-refractivity contribution in [2.75, 3.05) is 6.54 Å². The fourth-order valence-corrected chi connectivity index (χ4v) is 8.32. The fraction of sp³-hybridized carbons (Fsp3) is 0.586. The molecule has 1 aromatic rings. The summed E-state index contributed by atoms with van der Waals surface area (Å²) < 4.78 is 0. The van der Waals surface area contributed by atoms with E-state index in [2.05, 4.69) is 43.9 Å². The summed E-state index contributed by atoms with van der Waals surface area (Å²) in [5.74, 6) is 2.62. The molecule has 1 heterocycles. The number of carbonyl (C=O) groups is 2. The molecule has 0 spiro atoms. The van der Waals surface area contributed by atoms with Crippen LogP contribution >= 0.6 is 0 Å². The van der Waals surface area contributed by atoms with Crippen LogP contribution in [0, 0.1) is 34.5 Å². The molecule has 1 aliphatic heterocycles. The Labute approximate surface area is 198 Å². The molecule has 3 aliphatic carbocycles. The predicted molar refractivity (Wildman–Crippen MR) is 132 cm³/mol. The molecule has 176 valence electrons. The number of likely N-dealkylation sites (N-methyl/N-ethyl adjacent to an activating group) is 1. The SMILES string of the molecule is CCN1C(=O)C=C[C@]2(C)[C@H]3CC[C@]4(C)[C@@H](C=Cc5ccc(C(N)=O)cc5)CC[C@H]4[C@@H]3CC[C@@H]12. The lowest BCUT2D eigenvalue weighted by atomic mass is 9.47. The van der Waals surface area contributed by atoms with Crippen LogP contribution in [0.25, 0.3) is 6.08 Å². The second kappa shape index (κ2) is 8.14. The first-order chi connectivity index (χ1) is 15.8. The van der Waals surface area contributed by atoms with Gasteiger partial charge in [-0.05, 0) is 98.3 Å². The van der Waals surface area contributed by atoms with Crippen molar-refractivity contribution in [3.05, 3.63) is 53.6 Å². The van der Waals surface area contributed by atoms with Gasteiger partial charge in [0.05, 0.1) is 0 Å². The number of rotatable bonds is 4. The van der Waals surface area contributed by atoms with Gasteiger partial charge in [-0.3, -0.25) is 9.59 Å². The van der Waals surface area contributed by atoms with Crippen LogP contribution in [-0.4, -0.2) is 29.3 Å². The highest BCUT2D eigenvalue weighted by Crippen LogP contribution is 2.65. The molecule has 1 aromatic carbocycles. The number of nitrogens with zero attached hydrogens (tertiary/aromatic N) is 1. The van der Waals surface area contributed by atoms with Crippen LogP contribution in [0.2, 0.25) is 0 Å². The number of carbonyl (C=O) groups excluding carboxylic acids is 2. The van der Waals surface area contributed by atoms with Gasteiger partial charge in [-0.2, -0.15) is 0 Å². The van der Waals surface area contributed by atoms with Crippen molar-refractivity contribution in [2.24, 2.45) is 40.2 Å². The molecule has 0 unspecified atom stereocenters. The molecule has 7 atom stereocenters. The number of fused-ring (bicyclic) bond motifs is 5. The Bertz CT molecular complexity index is 995. The molecule has 0 radical (unpaired) electrons. The van der Waals surface area contributed by atoms with E-state index in [4.69, 9.17) is 5.73 Å². The molecule has 4 heteroatoms. The van der Waals surface area contributed by atoms with Crippen LogP contribution in [0.1, 0.15) is 75.2 Å². The highest BCUT2D eigenvalue weighted by atomic mass is 16.2. The van der Waals surface area contributed by atoms with Crippen LogP contribution in [-0.2, 0) is 4.79 Å². The topological polar surface area (TPSA) is 63.4 Å². The second-order valence-electron chi connectivity index (χ2n) is 11.4. The summed E-state index contributed by atoms with van der Waals surface area (Å²) in [4.78, 5) is 26.0. The molecular formula is C29H38N2O2. The maximum atomic E-state index is 12.5. The van der Waals surface area contributed by atoms with Gasteiger partial charge < -0.3 is 10.6 Å². The number of nitrogens with two attached hydrogens (primary N) is 1. The monoisotopic (exact) mass is 446 g/mol. The Morgan fingerprint density at radius 1 is 1.09 bits per heavy atom. The first-order valence-electron chi connectivity index (χ1n) is 12.9. The molecule has 3 saturated carbocycles. The zero-order chi connectivity index (χ0) is 23.4. The second-order valence-corrected chi connectivity index (χ2v) is 11.4. The number of allylic oxidation sites excluding steroid dienone is 1. The third-order valence-electron chi connectivity index (χ3n) is 10.1. The van der Waals surface area contributed by atoms with E-state index in [9.17, 15) is 9.59 Å². The van der Waals surface area contributed by atoms with Crippen LogP contribution in [0.15, 0.2) is 42.5 Å². The van der Waals surface area contributed by atoms with E-state index in [-0.39, 0.29) is 17.2 Å². The molecule has 33 heavy (non-hydrogen) atoms. The average Bonchev–Trinajstić information content (AvgIpc) is 3.14. The van der Waals surface area contributed by atoms with Gasteiger partial charge >= 0.3 is 0 Å². The van der Waals surface area contributed by atoms with Crippen molar-refractivity contribution >= 4 is 17.9 Å². The molecular weight excluding hydrogens is 408 g/mol. The summed E-state index contributed by atoms with van der Waals surface area (Å²) in [6.45, 7) is 7.91. The molecule has 2 amide bonds. The highest BCUT2D eigenvalue weighted by molar-refractivity contribution is 5.92. The normalized spacial score (nSPS) is 39.9. The van der Waals surface area contributed by atoms with E-state index in [1.807, 2.05) is 30.3 Å². The quantitative estimate of drug-likeness (QED) is 0.669. The van der Waals surface area contributed by atoms with E-state index >= 15 is 0 Å². The van der Waals surface area contributed by atoms with Crippen LogP contribution < -0.4 is 5.73 Å². The van der Waals surface area contributed by atoms with Crippen molar-refractivity contribution in [1.29, 1.82) is 0 Å². The Kier molecular flexibility index (Phi) is 5.54. The highest BCUT2D eigenvalue weighted by Gasteiger charge is 2.60. The van der Waals surface area contributed by atoms with E-state index in [0.29, 0.717) is 28.9 Å². The molecule has 4 nitrogen and oxygen atoms in total. The third kappa shape index (κ3) is 3.48. The van der Waals surface area contributed by atoms with E-state index in [1.54, 1.807) is 0 Å². The molecule has 4 aliphatic rings. The van der Waals surface area contributed by atoms with Gasteiger partial charge in [0.1, 0.15) is 0 Å². The van der Waals surface area contributed by atoms with E-state index in [0.717, 1.165) is 30.4 Å². The van der Waals surface area contributed by atoms with Crippen molar-refractivity contribution in [1.82, 2.24) is 4.90 Å². The minimum absolute atomic E-state index is 0.115. The van der Waals surface area contributed by atoms with E-state index < -0.39 is 0 Å². The lowest BCUT2D eigenvalue weighted by Crippen LogP contribution is -2.60. The fourth-order valence-electron chi connectivity index (χ4n) is 8.32. The van der Waals surface area contributed by atoms with Crippen LogP contribution in [0.4, 0.5) is 0 Å². The largest absolute Gasteiger partial charge is 0.366 e. The van der Waals surface area contributed by atoms with Gasteiger partial charge in [-0.15, -0.1) is 0 Å². The van der Waals surface area contributed by atoms with Crippen molar-refractivity contribution in [3.63, 3.8) is 0 Å². The summed E-state index contributed by atoms with van der Waals surface area (Å²) in [5, 5.41) is 0. The molecule has 0 aromatic heterocycles. The lowest BCUT2D eigenvalue weighted by molar-refractivity contribution is -0.140. The van der Waals surface area contributed by atoms with Gasteiger partial charge in [0.25, 0.3) is 0 Å². The summed E-state index contributed by atoms with van der Waals surface area (Å²) in [7, 11) is 0. The first kappa shape index (κ1) is 22.4. The Hall–Kier alpha value is -2.36. The molecule has 0 saturated heterocycles. The van der Waals surface area contributed by atoms with Crippen molar-refractivity contribution in [2.45, 2.75) is 65.3 Å². The lowest BCUT2D eigenvalue weighted by Gasteiger charge is -2.60. The predicted octanol–water partition coefficient (Wildman–Crippen LogP) is 5.44. The molecule has 2 N–H and O–H groups in total. The summed E-state index contributed by atoms with van der Waals surface area (Å²) in [6, 6.07) is 7.97. The summed E-state index contributed by atoms with van der Waals surface area (Å²) in [6.07, 6.45) is 16.3. The van der Waals surface area contributed by atoms with Crippen LogP contribution in [0.3, 0.4) is 0 Å². The molecule has 3 fully saturated rings. The summed E-state index contributed by atoms with van der Waals surface area (Å²) >= 11 is 0. The zero-order valence-corrected chi connectivity index (χ0v) is 20.3. The third-order valence-corrected chi connectivity index (χ3v) is 10.1. The summed E-state index contributed by atoms with van der Waals surface area (Å²) in [5.41, 5.74) is 7.53. The first-order valence-corrected chi connectivity index (χ1v) is 12.9. The Morgan fingerprint density at radius 3 is 2.55 bits per heavy atom. The maximum Gasteiger partial charge on any atom is 0.248 e. The van der Waals surface area contributed by atoms with Gasteiger partial charge in [-0.1, -0.05) is 44.2 Å².